The minimum Gasteiger partial charge on any atom is -0.496 e. The van der Waals surface area contributed by atoms with Crippen LogP contribution in [0, 0.1) is 15.5 Å². The minimum atomic E-state index is -0.572. The number of ether oxygens (including phenoxy) is 3. The van der Waals surface area contributed by atoms with Gasteiger partial charge in [-0.2, -0.15) is 5.10 Å². The number of benzene rings is 2. The summed E-state index contributed by atoms with van der Waals surface area (Å²) < 4.78 is 15.8. The van der Waals surface area contributed by atoms with Crippen molar-refractivity contribution < 1.29 is 23.9 Å². The smallest absolute Gasteiger partial charge is 0.311 e. The molecule has 0 aliphatic rings. The standard InChI is InChI=1S/C25H33N3O6/c1-24(2,3)16-25(4,5)18-8-10-19(11-9-18)34-15-23(29)27-26-14-17-12-20(28(30)31)22(33-7)13-21(17)32-6/h8-14H,15-16H2,1-7H3,(H,27,29)/b26-14-. The Labute approximate surface area is 200 Å². The second-order valence-corrected chi connectivity index (χ2v) is 9.75. The van der Waals surface area contributed by atoms with Crippen molar-refractivity contribution in [3.63, 3.8) is 0 Å². The predicted octanol–water partition coefficient (Wildman–Crippen LogP) is 4.85. The topological polar surface area (TPSA) is 112 Å². The van der Waals surface area contributed by atoms with E-state index in [1.54, 1.807) is 0 Å². The number of hydrogen-bond acceptors (Lipinski definition) is 7. The van der Waals surface area contributed by atoms with Crippen molar-refractivity contribution in [2.45, 2.75) is 46.5 Å². The van der Waals surface area contributed by atoms with Gasteiger partial charge in [0.1, 0.15) is 11.5 Å². The summed E-state index contributed by atoms with van der Waals surface area (Å²) in [5, 5.41) is 15.1. The first kappa shape index (κ1) is 26.6. The predicted molar refractivity (Wildman–Crippen MR) is 131 cm³/mol. The highest BCUT2D eigenvalue weighted by Gasteiger charge is 2.27. The van der Waals surface area contributed by atoms with Gasteiger partial charge in [-0.3, -0.25) is 14.9 Å². The van der Waals surface area contributed by atoms with E-state index in [1.807, 2.05) is 24.3 Å². The molecule has 0 bridgehead atoms. The van der Waals surface area contributed by atoms with Gasteiger partial charge in [-0.1, -0.05) is 46.8 Å². The molecule has 0 heterocycles. The molecule has 9 nitrogen and oxygen atoms in total. The number of hydrazone groups is 1. The van der Waals surface area contributed by atoms with Gasteiger partial charge in [0.25, 0.3) is 5.91 Å². The van der Waals surface area contributed by atoms with Crippen LogP contribution in [0.1, 0.15) is 52.2 Å². The van der Waals surface area contributed by atoms with Crippen LogP contribution in [0.15, 0.2) is 41.5 Å². The van der Waals surface area contributed by atoms with Crippen LogP contribution >= 0.6 is 0 Å². The lowest BCUT2D eigenvalue weighted by Gasteiger charge is -2.33. The van der Waals surface area contributed by atoms with E-state index in [4.69, 9.17) is 14.2 Å². The Morgan fingerprint density at radius 2 is 1.68 bits per heavy atom. The summed E-state index contributed by atoms with van der Waals surface area (Å²) >= 11 is 0. The average Bonchev–Trinajstić information content (AvgIpc) is 2.75. The largest absolute Gasteiger partial charge is 0.496 e. The molecule has 2 aromatic rings. The number of hydrogen-bond donors (Lipinski definition) is 1. The number of nitrogens with zero attached hydrogens (tertiary/aromatic N) is 2. The molecule has 9 heteroatoms. The minimum absolute atomic E-state index is 0.0143. The molecule has 34 heavy (non-hydrogen) atoms. The number of carbonyl (C=O) groups is 1. The van der Waals surface area contributed by atoms with E-state index in [2.05, 4.69) is 45.1 Å². The summed E-state index contributed by atoms with van der Waals surface area (Å²) in [5.74, 6) is 0.465. The zero-order chi connectivity index (χ0) is 25.5. The van der Waals surface area contributed by atoms with Gasteiger partial charge in [0.15, 0.2) is 6.61 Å². The van der Waals surface area contributed by atoms with Gasteiger partial charge >= 0.3 is 5.69 Å². The quantitative estimate of drug-likeness (QED) is 0.301. The lowest BCUT2D eigenvalue weighted by molar-refractivity contribution is -0.385. The lowest BCUT2D eigenvalue weighted by Crippen LogP contribution is -2.25. The monoisotopic (exact) mass is 471 g/mol. The third-order valence-electron chi connectivity index (χ3n) is 5.10. The van der Waals surface area contributed by atoms with E-state index in [0.717, 1.165) is 6.42 Å². The molecule has 0 radical (unpaired) electrons. The summed E-state index contributed by atoms with van der Waals surface area (Å²) in [6.45, 7) is 10.9. The molecule has 184 valence electrons. The van der Waals surface area contributed by atoms with Crippen molar-refractivity contribution in [2.24, 2.45) is 10.5 Å². The third kappa shape index (κ3) is 7.47. The van der Waals surface area contributed by atoms with Crippen LogP contribution in [-0.2, 0) is 10.2 Å². The van der Waals surface area contributed by atoms with Crippen molar-refractivity contribution >= 4 is 17.8 Å². The van der Waals surface area contributed by atoms with E-state index < -0.39 is 10.8 Å². The van der Waals surface area contributed by atoms with Crippen molar-refractivity contribution in [2.75, 3.05) is 20.8 Å². The molecule has 0 aromatic heterocycles. The van der Waals surface area contributed by atoms with Gasteiger partial charge in [-0.05, 0) is 34.9 Å². The zero-order valence-electron chi connectivity index (χ0n) is 20.8. The highest BCUT2D eigenvalue weighted by atomic mass is 16.6. The fourth-order valence-electron chi connectivity index (χ4n) is 3.93. The number of rotatable bonds is 10. The second kappa shape index (κ2) is 11.0. The molecule has 0 aliphatic heterocycles. The maximum absolute atomic E-state index is 12.1. The number of amides is 1. The molecule has 0 atom stereocenters. The fourth-order valence-corrected chi connectivity index (χ4v) is 3.93. The van der Waals surface area contributed by atoms with Crippen LogP contribution in [0.25, 0.3) is 0 Å². The van der Waals surface area contributed by atoms with Crippen LogP contribution in [-0.4, -0.2) is 37.9 Å². The molecule has 0 saturated carbocycles. The van der Waals surface area contributed by atoms with Gasteiger partial charge in [0, 0.05) is 17.7 Å². The average molecular weight is 472 g/mol. The molecule has 2 rings (SSSR count). The maximum atomic E-state index is 12.1. The molecule has 0 aliphatic carbocycles. The zero-order valence-corrected chi connectivity index (χ0v) is 20.8. The molecule has 0 fully saturated rings. The van der Waals surface area contributed by atoms with E-state index in [9.17, 15) is 14.9 Å². The molecule has 2 aromatic carbocycles. The SMILES string of the molecule is COc1cc(OC)c([N+](=O)[O-])cc1/C=N\NC(=O)COc1ccc(C(C)(C)CC(C)(C)C)cc1. The van der Waals surface area contributed by atoms with Gasteiger partial charge in [0.05, 0.1) is 25.4 Å². The summed E-state index contributed by atoms with van der Waals surface area (Å²) in [6, 6.07) is 10.4. The number of carbonyl (C=O) groups excluding carboxylic acids is 1. The number of methoxy groups -OCH3 is 2. The van der Waals surface area contributed by atoms with E-state index in [0.29, 0.717) is 17.1 Å². The first-order valence-electron chi connectivity index (χ1n) is 10.8. The molecule has 0 spiro atoms. The Kier molecular flexibility index (Phi) is 8.62. The Balaban J connectivity index is 1.97. The van der Waals surface area contributed by atoms with E-state index in [-0.39, 0.29) is 28.9 Å². The Bertz CT molecular complexity index is 1040. The summed E-state index contributed by atoms with van der Waals surface area (Å²) in [4.78, 5) is 22.8. The van der Waals surface area contributed by atoms with Gasteiger partial charge in [-0.15, -0.1) is 0 Å². The number of nitro benzene ring substituents is 1. The van der Waals surface area contributed by atoms with Crippen LogP contribution in [0.4, 0.5) is 5.69 Å². The molecular weight excluding hydrogens is 438 g/mol. The van der Waals surface area contributed by atoms with Crippen molar-refractivity contribution in [3.05, 3.63) is 57.6 Å². The molecular formula is C25H33N3O6. The van der Waals surface area contributed by atoms with Gasteiger partial charge in [0.2, 0.25) is 5.75 Å². The van der Waals surface area contributed by atoms with E-state index >= 15 is 0 Å². The highest BCUT2D eigenvalue weighted by Crippen LogP contribution is 2.37. The summed E-state index contributed by atoms with van der Waals surface area (Å²) in [5.41, 5.74) is 3.83. The Morgan fingerprint density at radius 1 is 1.06 bits per heavy atom. The van der Waals surface area contributed by atoms with Gasteiger partial charge in [-0.25, -0.2) is 5.43 Å². The van der Waals surface area contributed by atoms with Crippen molar-refractivity contribution in [3.8, 4) is 17.2 Å². The number of nitrogens with one attached hydrogen (secondary N) is 1. The van der Waals surface area contributed by atoms with E-state index in [1.165, 1.54) is 38.1 Å². The molecule has 0 unspecified atom stereocenters. The molecule has 1 N–H and O–H groups in total. The van der Waals surface area contributed by atoms with Crippen LogP contribution < -0.4 is 19.6 Å². The number of nitro groups is 1. The molecule has 0 saturated heterocycles. The lowest BCUT2D eigenvalue weighted by atomic mass is 9.72. The summed E-state index contributed by atoms with van der Waals surface area (Å²) in [7, 11) is 2.75. The van der Waals surface area contributed by atoms with Gasteiger partial charge < -0.3 is 14.2 Å². The maximum Gasteiger partial charge on any atom is 0.311 e. The first-order chi connectivity index (χ1) is 15.9. The normalized spacial score (nSPS) is 11.9. The first-order valence-corrected chi connectivity index (χ1v) is 10.8. The van der Waals surface area contributed by atoms with Crippen molar-refractivity contribution in [1.29, 1.82) is 0 Å². The van der Waals surface area contributed by atoms with Crippen LogP contribution in [0.5, 0.6) is 17.2 Å². The highest BCUT2D eigenvalue weighted by molar-refractivity contribution is 5.87. The second-order valence-electron chi connectivity index (χ2n) is 9.75. The summed E-state index contributed by atoms with van der Waals surface area (Å²) in [6.07, 6.45) is 2.29. The third-order valence-corrected chi connectivity index (χ3v) is 5.10. The van der Waals surface area contributed by atoms with Crippen LogP contribution in [0.2, 0.25) is 0 Å². The van der Waals surface area contributed by atoms with Crippen LogP contribution in [0.3, 0.4) is 0 Å². The Morgan fingerprint density at radius 3 is 2.21 bits per heavy atom. The Hall–Kier alpha value is -3.62. The fraction of sp³-hybridized carbons (Fsp3) is 0.440. The van der Waals surface area contributed by atoms with Crippen molar-refractivity contribution in [1.82, 2.24) is 5.43 Å². The molecule has 1 amide bonds.